The van der Waals surface area contributed by atoms with Crippen molar-refractivity contribution in [3.05, 3.63) is 35.9 Å². The van der Waals surface area contributed by atoms with E-state index < -0.39 is 0 Å². The summed E-state index contributed by atoms with van der Waals surface area (Å²) in [5.74, 6) is 0. The van der Waals surface area contributed by atoms with Gasteiger partial charge in [0.2, 0.25) is 0 Å². The quantitative estimate of drug-likeness (QED) is 0.780. The first-order chi connectivity index (χ1) is 8.09. The van der Waals surface area contributed by atoms with Gasteiger partial charge in [-0.2, -0.15) is 0 Å². The zero-order valence-electron chi connectivity index (χ0n) is 10.6. The van der Waals surface area contributed by atoms with E-state index in [1.54, 1.807) is 9.80 Å². The molecule has 0 radical (unpaired) electrons. The molecule has 0 aromatic heterocycles. The van der Waals surface area contributed by atoms with Crippen LogP contribution in [0.5, 0.6) is 0 Å². The molecule has 1 aliphatic heterocycles. The maximum absolute atomic E-state index is 11.7. The van der Waals surface area contributed by atoms with E-state index in [4.69, 9.17) is 0 Å². The molecule has 1 unspecified atom stereocenters. The molecule has 1 aromatic rings. The molecule has 0 saturated carbocycles. The molecule has 4 heteroatoms. The van der Waals surface area contributed by atoms with E-state index >= 15 is 0 Å². The van der Waals surface area contributed by atoms with Crippen molar-refractivity contribution in [2.24, 2.45) is 0 Å². The lowest BCUT2D eigenvalue weighted by Gasteiger charge is -2.41. The third-order valence-electron chi connectivity index (χ3n) is 3.27. The monoisotopic (exact) mass is 233 g/mol. The molecule has 2 rings (SSSR count). The third-order valence-corrected chi connectivity index (χ3v) is 3.27. The first-order valence-electron chi connectivity index (χ1n) is 5.85. The summed E-state index contributed by atoms with van der Waals surface area (Å²) in [7, 11) is 3.67. The van der Waals surface area contributed by atoms with Crippen LogP contribution in [0, 0.1) is 0 Å². The Morgan fingerprint density at radius 3 is 2.12 bits per heavy atom. The predicted octanol–water partition coefficient (Wildman–Crippen LogP) is 1.96. The minimum atomic E-state index is 0.0847. The lowest BCUT2D eigenvalue weighted by molar-refractivity contribution is 0.0319. The van der Waals surface area contributed by atoms with Crippen LogP contribution in [0.4, 0.5) is 4.79 Å². The molecule has 0 aliphatic carbocycles. The van der Waals surface area contributed by atoms with E-state index in [0.717, 1.165) is 0 Å². The summed E-state index contributed by atoms with van der Waals surface area (Å²) < 4.78 is 0. The maximum Gasteiger partial charge on any atom is 0.321 e. The Morgan fingerprint density at radius 2 is 1.59 bits per heavy atom. The summed E-state index contributed by atoms with van der Waals surface area (Å²) >= 11 is 0. The van der Waals surface area contributed by atoms with Crippen molar-refractivity contribution in [1.29, 1.82) is 0 Å². The number of hydrogen-bond acceptors (Lipinski definition) is 2. The van der Waals surface area contributed by atoms with Crippen molar-refractivity contribution in [3.8, 4) is 0 Å². The standard InChI is InChI=1S/C13H19N3O/c1-11(12-7-5-4-6-8-12)16-9-14(2)13(17)15(3)10-16/h4-8,11H,9-10H2,1-3H3. The fourth-order valence-electron chi connectivity index (χ4n) is 2.19. The number of hydrogen-bond donors (Lipinski definition) is 0. The highest BCUT2D eigenvalue weighted by Gasteiger charge is 2.28. The Bertz CT molecular complexity index is 379. The highest BCUT2D eigenvalue weighted by molar-refractivity contribution is 5.74. The van der Waals surface area contributed by atoms with Gasteiger partial charge in [-0.1, -0.05) is 30.3 Å². The number of benzene rings is 1. The van der Waals surface area contributed by atoms with Crippen molar-refractivity contribution >= 4 is 6.03 Å². The fraction of sp³-hybridized carbons (Fsp3) is 0.462. The molecule has 0 spiro atoms. The van der Waals surface area contributed by atoms with Gasteiger partial charge >= 0.3 is 6.03 Å². The van der Waals surface area contributed by atoms with Gasteiger partial charge < -0.3 is 9.80 Å². The number of rotatable bonds is 2. The van der Waals surface area contributed by atoms with Crippen LogP contribution in [0.1, 0.15) is 18.5 Å². The lowest BCUT2D eigenvalue weighted by atomic mass is 10.1. The van der Waals surface area contributed by atoms with Crippen molar-refractivity contribution in [2.45, 2.75) is 13.0 Å². The van der Waals surface area contributed by atoms with Gasteiger partial charge in [0.05, 0.1) is 13.3 Å². The molecule has 1 aromatic carbocycles. The highest BCUT2D eigenvalue weighted by Crippen LogP contribution is 2.22. The Morgan fingerprint density at radius 1 is 1.06 bits per heavy atom. The minimum Gasteiger partial charge on any atom is -0.315 e. The van der Waals surface area contributed by atoms with Crippen LogP contribution < -0.4 is 0 Å². The molecule has 1 heterocycles. The summed E-state index contributed by atoms with van der Waals surface area (Å²) in [6.45, 7) is 3.53. The van der Waals surface area contributed by atoms with E-state index in [1.807, 2.05) is 32.3 Å². The van der Waals surface area contributed by atoms with Gasteiger partial charge in [-0.25, -0.2) is 4.79 Å². The number of urea groups is 1. The van der Waals surface area contributed by atoms with Gasteiger partial charge in [0.25, 0.3) is 0 Å². The highest BCUT2D eigenvalue weighted by atomic mass is 16.2. The van der Waals surface area contributed by atoms with Crippen LogP contribution in [0.3, 0.4) is 0 Å². The van der Waals surface area contributed by atoms with Crippen molar-refractivity contribution in [1.82, 2.24) is 14.7 Å². The first kappa shape index (κ1) is 11.9. The van der Waals surface area contributed by atoms with Crippen molar-refractivity contribution in [3.63, 3.8) is 0 Å². The second kappa shape index (κ2) is 4.75. The van der Waals surface area contributed by atoms with Crippen LogP contribution in [0.15, 0.2) is 30.3 Å². The Hall–Kier alpha value is -1.55. The second-order valence-corrected chi connectivity index (χ2v) is 4.64. The van der Waals surface area contributed by atoms with E-state index in [0.29, 0.717) is 19.4 Å². The van der Waals surface area contributed by atoms with E-state index in [-0.39, 0.29) is 6.03 Å². The largest absolute Gasteiger partial charge is 0.321 e. The van der Waals surface area contributed by atoms with Crippen LogP contribution in [-0.2, 0) is 0 Å². The van der Waals surface area contributed by atoms with Gasteiger partial charge in [0.15, 0.2) is 0 Å². The summed E-state index contributed by atoms with van der Waals surface area (Å²) in [5, 5.41) is 0. The predicted molar refractivity (Wildman–Crippen MR) is 67.4 cm³/mol. The number of nitrogens with zero attached hydrogens (tertiary/aromatic N) is 3. The molecule has 4 nitrogen and oxygen atoms in total. The number of carbonyl (C=O) groups excluding carboxylic acids is 1. The van der Waals surface area contributed by atoms with Crippen LogP contribution in [0.2, 0.25) is 0 Å². The lowest BCUT2D eigenvalue weighted by Crippen LogP contribution is -2.55. The van der Waals surface area contributed by atoms with Gasteiger partial charge in [0, 0.05) is 20.1 Å². The van der Waals surface area contributed by atoms with Gasteiger partial charge in [-0.3, -0.25) is 4.90 Å². The average molecular weight is 233 g/mol. The van der Waals surface area contributed by atoms with Crippen LogP contribution >= 0.6 is 0 Å². The van der Waals surface area contributed by atoms with Gasteiger partial charge in [-0.05, 0) is 12.5 Å². The zero-order chi connectivity index (χ0) is 12.4. The Kier molecular flexibility index (Phi) is 3.33. The SMILES string of the molecule is CC(c1ccccc1)N1CN(C)C(=O)N(C)C1. The minimum absolute atomic E-state index is 0.0847. The summed E-state index contributed by atoms with van der Waals surface area (Å²) in [6, 6.07) is 10.8. The molecule has 0 N–H and O–H groups in total. The molecule has 17 heavy (non-hydrogen) atoms. The molecule has 1 saturated heterocycles. The fourth-order valence-corrected chi connectivity index (χ4v) is 2.19. The molecule has 1 aliphatic rings. The molecule has 1 atom stereocenters. The molecule has 2 amide bonds. The summed E-state index contributed by atoms with van der Waals surface area (Å²) in [6.07, 6.45) is 0. The van der Waals surface area contributed by atoms with E-state index in [9.17, 15) is 4.79 Å². The second-order valence-electron chi connectivity index (χ2n) is 4.64. The zero-order valence-corrected chi connectivity index (χ0v) is 10.6. The van der Waals surface area contributed by atoms with Gasteiger partial charge in [0.1, 0.15) is 0 Å². The normalized spacial score (nSPS) is 19.6. The van der Waals surface area contributed by atoms with Crippen molar-refractivity contribution < 1.29 is 4.79 Å². The number of amides is 2. The van der Waals surface area contributed by atoms with Crippen molar-refractivity contribution in [2.75, 3.05) is 27.4 Å². The number of carbonyl (C=O) groups is 1. The average Bonchev–Trinajstić information content (AvgIpc) is 2.35. The summed E-state index contributed by atoms with van der Waals surface area (Å²) in [5.41, 5.74) is 1.28. The molecular formula is C13H19N3O. The maximum atomic E-state index is 11.7. The molecule has 92 valence electrons. The first-order valence-corrected chi connectivity index (χ1v) is 5.85. The van der Waals surface area contributed by atoms with Gasteiger partial charge in [-0.15, -0.1) is 0 Å². The van der Waals surface area contributed by atoms with E-state index in [2.05, 4.69) is 24.0 Å². The summed E-state index contributed by atoms with van der Waals surface area (Å²) in [4.78, 5) is 17.4. The molecule has 0 bridgehead atoms. The van der Waals surface area contributed by atoms with E-state index in [1.165, 1.54) is 5.56 Å². The Labute approximate surface area is 102 Å². The van der Waals surface area contributed by atoms with Crippen LogP contribution in [0.25, 0.3) is 0 Å². The topological polar surface area (TPSA) is 26.8 Å². The molecular weight excluding hydrogens is 214 g/mol. The smallest absolute Gasteiger partial charge is 0.315 e. The Balaban J connectivity index is 2.11. The molecule has 1 fully saturated rings. The van der Waals surface area contributed by atoms with Crippen LogP contribution in [-0.4, -0.2) is 48.2 Å². The third kappa shape index (κ3) is 2.42.